The van der Waals surface area contributed by atoms with E-state index in [0.29, 0.717) is 0 Å². The van der Waals surface area contributed by atoms with Gasteiger partial charge in [-0.2, -0.15) is 0 Å². The third-order valence-corrected chi connectivity index (χ3v) is 4.77. The topological polar surface area (TPSA) is 75.7 Å². The second-order valence-corrected chi connectivity index (χ2v) is 6.69. The molecule has 0 aliphatic carbocycles. The Morgan fingerprint density at radius 3 is 2.30 bits per heavy atom. The van der Waals surface area contributed by atoms with Crippen LogP contribution >= 0.6 is 0 Å². The van der Waals surface area contributed by atoms with Gasteiger partial charge in [0.25, 0.3) is 0 Å². The van der Waals surface area contributed by atoms with Crippen LogP contribution < -0.4 is 5.32 Å². The summed E-state index contributed by atoms with van der Waals surface area (Å²) in [7, 11) is 0.898. The fourth-order valence-electron chi connectivity index (χ4n) is 1.57. The zero-order chi connectivity index (χ0) is 15.3. The third kappa shape index (κ3) is 4.03. The van der Waals surface area contributed by atoms with Gasteiger partial charge in [-0.1, -0.05) is 12.1 Å². The minimum atomic E-state index is -3.41. The van der Waals surface area contributed by atoms with E-state index >= 15 is 0 Å². The monoisotopic (exact) mass is 300 g/mol. The zero-order valence-electron chi connectivity index (χ0n) is 12.1. The number of rotatable bonds is 6. The molecule has 1 N–H and O–H groups in total. The predicted octanol–water partition coefficient (Wildman–Crippen LogP) is 0.761. The molecular weight excluding hydrogens is 280 g/mol. The number of sulfonamides is 1. The van der Waals surface area contributed by atoms with Crippen molar-refractivity contribution in [1.29, 1.82) is 0 Å². The van der Waals surface area contributed by atoms with E-state index in [1.54, 1.807) is 24.3 Å². The van der Waals surface area contributed by atoms with Gasteiger partial charge < -0.3 is 10.1 Å². The molecule has 7 heteroatoms. The Morgan fingerprint density at radius 2 is 1.85 bits per heavy atom. The number of hydrogen-bond acceptors (Lipinski definition) is 5. The van der Waals surface area contributed by atoms with E-state index in [1.165, 1.54) is 25.5 Å². The Balaban J connectivity index is 2.79. The third-order valence-electron chi connectivity index (χ3n) is 2.94. The number of carbonyl (C=O) groups is 1. The molecule has 1 unspecified atom stereocenters. The number of nitrogens with zero attached hydrogens (tertiary/aromatic N) is 1. The van der Waals surface area contributed by atoms with Crippen molar-refractivity contribution in [2.24, 2.45) is 0 Å². The van der Waals surface area contributed by atoms with Crippen LogP contribution in [0.4, 0.5) is 0 Å². The highest BCUT2D eigenvalue weighted by Gasteiger charge is 2.17. The van der Waals surface area contributed by atoms with Gasteiger partial charge in [-0.05, 0) is 24.6 Å². The van der Waals surface area contributed by atoms with E-state index in [2.05, 4.69) is 10.1 Å². The lowest BCUT2D eigenvalue weighted by atomic mass is 10.1. The van der Waals surface area contributed by atoms with E-state index in [0.717, 1.165) is 5.56 Å². The highest BCUT2D eigenvalue weighted by atomic mass is 32.2. The lowest BCUT2D eigenvalue weighted by molar-refractivity contribution is -0.139. The van der Waals surface area contributed by atoms with Crippen LogP contribution in [0.25, 0.3) is 0 Å². The largest absolute Gasteiger partial charge is 0.468 e. The highest BCUT2D eigenvalue weighted by Crippen LogP contribution is 2.17. The fraction of sp³-hybridized carbons (Fsp3) is 0.462. The lowest BCUT2D eigenvalue weighted by Crippen LogP contribution is -2.26. The SMILES string of the molecule is COC(=O)CNC(C)c1ccc(S(=O)(=O)N(C)C)cc1. The van der Waals surface area contributed by atoms with Crippen LogP contribution in [-0.2, 0) is 19.6 Å². The first-order valence-electron chi connectivity index (χ1n) is 6.11. The number of benzene rings is 1. The highest BCUT2D eigenvalue weighted by molar-refractivity contribution is 7.89. The van der Waals surface area contributed by atoms with Crippen LogP contribution in [0.2, 0.25) is 0 Å². The molecule has 0 aliphatic rings. The van der Waals surface area contributed by atoms with Gasteiger partial charge in [0.1, 0.15) is 0 Å². The molecule has 0 spiro atoms. The fourth-order valence-corrected chi connectivity index (χ4v) is 2.47. The van der Waals surface area contributed by atoms with E-state index in [-0.39, 0.29) is 23.5 Å². The van der Waals surface area contributed by atoms with Crippen molar-refractivity contribution in [2.75, 3.05) is 27.7 Å². The first kappa shape index (κ1) is 16.6. The lowest BCUT2D eigenvalue weighted by Gasteiger charge is -2.15. The summed E-state index contributed by atoms with van der Waals surface area (Å²) in [4.78, 5) is 11.3. The smallest absolute Gasteiger partial charge is 0.319 e. The van der Waals surface area contributed by atoms with Gasteiger partial charge >= 0.3 is 5.97 Å². The number of hydrogen-bond donors (Lipinski definition) is 1. The molecule has 0 bridgehead atoms. The predicted molar refractivity (Wildman–Crippen MR) is 75.7 cm³/mol. The van der Waals surface area contributed by atoms with E-state index in [9.17, 15) is 13.2 Å². The molecule has 0 radical (unpaired) electrons. The maximum atomic E-state index is 11.9. The molecule has 0 saturated carbocycles. The molecule has 1 aromatic carbocycles. The summed E-state index contributed by atoms with van der Waals surface area (Å²) in [6.07, 6.45) is 0. The van der Waals surface area contributed by atoms with Crippen molar-refractivity contribution in [1.82, 2.24) is 9.62 Å². The molecule has 0 heterocycles. The molecule has 0 fully saturated rings. The second kappa shape index (κ2) is 6.83. The molecule has 20 heavy (non-hydrogen) atoms. The Hall–Kier alpha value is -1.44. The summed E-state index contributed by atoms with van der Waals surface area (Å²) in [5.41, 5.74) is 0.895. The Morgan fingerprint density at radius 1 is 1.30 bits per heavy atom. The molecule has 1 atom stereocenters. The first-order chi connectivity index (χ1) is 9.28. The van der Waals surface area contributed by atoms with Gasteiger partial charge in [-0.3, -0.25) is 4.79 Å². The molecule has 1 rings (SSSR count). The minimum absolute atomic E-state index is 0.0785. The van der Waals surface area contributed by atoms with E-state index < -0.39 is 10.0 Å². The molecule has 112 valence electrons. The first-order valence-corrected chi connectivity index (χ1v) is 7.55. The molecule has 0 aliphatic heterocycles. The molecular formula is C13H20N2O4S. The van der Waals surface area contributed by atoms with E-state index in [1.807, 2.05) is 6.92 Å². The zero-order valence-corrected chi connectivity index (χ0v) is 12.9. The van der Waals surface area contributed by atoms with Crippen molar-refractivity contribution in [3.05, 3.63) is 29.8 Å². The molecule has 0 aromatic heterocycles. The maximum Gasteiger partial charge on any atom is 0.319 e. The van der Waals surface area contributed by atoms with Crippen LogP contribution in [0.1, 0.15) is 18.5 Å². The van der Waals surface area contributed by atoms with Gasteiger partial charge in [0.05, 0.1) is 18.6 Å². The Kier molecular flexibility index (Phi) is 5.67. The van der Waals surface area contributed by atoms with Crippen LogP contribution in [-0.4, -0.2) is 46.4 Å². The summed E-state index contributed by atoms with van der Waals surface area (Å²) in [6.45, 7) is 1.99. The van der Waals surface area contributed by atoms with Gasteiger partial charge in [0, 0.05) is 20.1 Å². The second-order valence-electron chi connectivity index (χ2n) is 4.54. The van der Waals surface area contributed by atoms with Gasteiger partial charge in [-0.15, -0.1) is 0 Å². The number of esters is 1. The van der Waals surface area contributed by atoms with Crippen LogP contribution in [0.3, 0.4) is 0 Å². The summed E-state index contributed by atoms with van der Waals surface area (Å²) in [5, 5.41) is 3.00. The summed E-state index contributed by atoms with van der Waals surface area (Å²) < 4.78 is 29.5. The quantitative estimate of drug-likeness (QED) is 0.785. The van der Waals surface area contributed by atoms with Crippen molar-refractivity contribution >= 4 is 16.0 Å². The molecule has 0 amide bonds. The van der Waals surface area contributed by atoms with Crippen LogP contribution in [0.15, 0.2) is 29.2 Å². The molecule has 0 saturated heterocycles. The number of ether oxygens (including phenoxy) is 1. The molecule has 1 aromatic rings. The van der Waals surface area contributed by atoms with Crippen LogP contribution in [0.5, 0.6) is 0 Å². The number of methoxy groups -OCH3 is 1. The van der Waals surface area contributed by atoms with Gasteiger partial charge in [0.2, 0.25) is 10.0 Å². The summed E-state index contributed by atoms with van der Waals surface area (Å²) in [6, 6.07) is 6.49. The average Bonchev–Trinajstić information content (AvgIpc) is 2.44. The normalized spacial score (nSPS) is 13.2. The van der Waals surface area contributed by atoms with Crippen molar-refractivity contribution < 1.29 is 17.9 Å². The van der Waals surface area contributed by atoms with Gasteiger partial charge in [-0.25, -0.2) is 12.7 Å². The standard InChI is InChI=1S/C13H20N2O4S/c1-10(14-9-13(16)19-4)11-5-7-12(8-6-11)20(17,18)15(2)3/h5-8,10,14H,9H2,1-4H3. The number of carbonyl (C=O) groups excluding carboxylic acids is 1. The minimum Gasteiger partial charge on any atom is -0.468 e. The number of nitrogens with one attached hydrogen (secondary N) is 1. The Bertz CT molecular complexity index is 552. The van der Waals surface area contributed by atoms with E-state index in [4.69, 9.17) is 0 Å². The average molecular weight is 300 g/mol. The maximum absolute atomic E-state index is 11.9. The van der Waals surface area contributed by atoms with Crippen molar-refractivity contribution in [3.8, 4) is 0 Å². The summed E-state index contributed by atoms with van der Waals surface area (Å²) in [5.74, 6) is -0.344. The Labute approximate surface area is 119 Å². The summed E-state index contributed by atoms with van der Waals surface area (Å²) >= 11 is 0. The van der Waals surface area contributed by atoms with Gasteiger partial charge in [0.15, 0.2) is 0 Å². The van der Waals surface area contributed by atoms with Crippen molar-refractivity contribution in [2.45, 2.75) is 17.9 Å². The van der Waals surface area contributed by atoms with Crippen molar-refractivity contribution in [3.63, 3.8) is 0 Å². The molecule has 6 nitrogen and oxygen atoms in total. The van der Waals surface area contributed by atoms with Crippen LogP contribution in [0, 0.1) is 0 Å².